The van der Waals surface area contributed by atoms with Gasteiger partial charge in [-0.1, -0.05) is 5.92 Å². The highest BCUT2D eigenvalue weighted by atomic mass is 16.5. The predicted octanol–water partition coefficient (Wildman–Crippen LogP) is 1.96. The molecule has 0 radical (unpaired) electrons. The number of imidazole rings is 1. The molecular weight excluding hydrogens is 266 g/mol. The number of hydrogen-bond acceptors (Lipinski definition) is 5. The van der Waals surface area contributed by atoms with E-state index in [1.807, 2.05) is 4.57 Å². The molecule has 2 atom stereocenters. The third-order valence-electron chi connectivity index (χ3n) is 4.11. The molecule has 1 aliphatic heterocycles. The van der Waals surface area contributed by atoms with Gasteiger partial charge in [0.2, 0.25) is 0 Å². The SMILES string of the molecule is C#CC1CCC(n2cnc3c(NCC4CC4)ncnc32)O1. The third kappa shape index (κ3) is 2.34. The monoisotopic (exact) mass is 283 g/mol. The Hall–Kier alpha value is -2.13. The first-order valence-corrected chi connectivity index (χ1v) is 7.38. The van der Waals surface area contributed by atoms with Crippen LogP contribution < -0.4 is 5.32 Å². The van der Waals surface area contributed by atoms with Crippen LogP contribution in [0.2, 0.25) is 0 Å². The van der Waals surface area contributed by atoms with Gasteiger partial charge >= 0.3 is 0 Å². The molecule has 0 aromatic carbocycles. The molecule has 6 nitrogen and oxygen atoms in total. The number of rotatable bonds is 4. The lowest BCUT2D eigenvalue weighted by atomic mass is 10.2. The molecule has 2 aliphatic rings. The quantitative estimate of drug-likeness (QED) is 0.869. The van der Waals surface area contributed by atoms with Crippen LogP contribution in [0, 0.1) is 18.3 Å². The summed E-state index contributed by atoms with van der Waals surface area (Å²) in [6.07, 6.45) is 12.9. The van der Waals surface area contributed by atoms with Gasteiger partial charge in [-0.2, -0.15) is 0 Å². The molecule has 6 heteroatoms. The Morgan fingerprint density at radius 2 is 2.19 bits per heavy atom. The molecule has 3 heterocycles. The second-order valence-corrected chi connectivity index (χ2v) is 5.69. The van der Waals surface area contributed by atoms with Crippen LogP contribution in [0.15, 0.2) is 12.7 Å². The van der Waals surface area contributed by atoms with E-state index in [9.17, 15) is 0 Å². The molecule has 1 saturated heterocycles. The standard InChI is InChI=1S/C15H17N5O/c1-2-11-5-6-12(21-11)20-9-19-13-14(16-7-10-3-4-10)17-8-18-15(13)20/h1,8-12H,3-7H2,(H,16,17,18). The molecule has 2 fully saturated rings. The smallest absolute Gasteiger partial charge is 0.167 e. The maximum absolute atomic E-state index is 5.82. The summed E-state index contributed by atoms with van der Waals surface area (Å²) in [5.41, 5.74) is 1.59. The van der Waals surface area contributed by atoms with Crippen LogP contribution in [0.4, 0.5) is 5.82 Å². The molecule has 1 aliphatic carbocycles. The van der Waals surface area contributed by atoms with Gasteiger partial charge in [0.1, 0.15) is 18.7 Å². The fourth-order valence-corrected chi connectivity index (χ4v) is 2.70. The largest absolute Gasteiger partial charge is 0.368 e. The zero-order valence-corrected chi connectivity index (χ0v) is 11.7. The number of hydrogen-bond donors (Lipinski definition) is 1. The minimum absolute atomic E-state index is 0.0813. The number of aromatic nitrogens is 4. The van der Waals surface area contributed by atoms with E-state index in [0.29, 0.717) is 0 Å². The molecule has 21 heavy (non-hydrogen) atoms. The minimum atomic E-state index is -0.109. The minimum Gasteiger partial charge on any atom is -0.368 e. The Morgan fingerprint density at radius 1 is 1.29 bits per heavy atom. The van der Waals surface area contributed by atoms with Crippen molar-refractivity contribution in [2.45, 2.75) is 38.0 Å². The second kappa shape index (κ2) is 5.01. The molecule has 2 aromatic heterocycles. The van der Waals surface area contributed by atoms with Crippen LogP contribution in [0.5, 0.6) is 0 Å². The van der Waals surface area contributed by atoms with Crippen molar-refractivity contribution in [2.75, 3.05) is 11.9 Å². The van der Waals surface area contributed by atoms with Crippen molar-refractivity contribution < 1.29 is 4.74 Å². The predicted molar refractivity (Wildman–Crippen MR) is 78.5 cm³/mol. The Balaban J connectivity index is 1.62. The Kier molecular flexibility index (Phi) is 3.00. The first kappa shape index (κ1) is 12.6. The van der Waals surface area contributed by atoms with Crippen molar-refractivity contribution in [1.29, 1.82) is 0 Å². The molecule has 2 unspecified atom stereocenters. The summed E-state index contributed by atoms with van der Waals surface area (Å²) in [6, 6.07) is 0. The molecule has 0 bridgehead atoms. The zero-order chi connectivity index (χ0) is 14.2. The van der Waals surface area contributed by atoms with Crippen molar-refractivity contribution in [3.8, 4) is 12.3 Å². The van der Waals surface area contributed by atoms with Crippen LogP contribution in [-0.2, 0) is 4.74 Å². The lowest BCUT2D eigenvalue weighted by Crippen LogP contribution is -2.10. The van der Waals surface area contributed by atoms with Crippen molar-refractivity contribution in [3.63, 3.8) is 0 Å². The average molecular weight is 283 g/mol. The second-order valence-electron chi connectivity index (χ2n) is 5.69. The maximum Gasteiger partial charge on any atom is 0.167 e. The topological polar surface area (TPSA) is 64.9 Å². The summed E-state index contributed by atoms with van der Waals surface area (Å²) >= 11 is 0. The Bertz CT molecular complexity index is 700. The van der Waals surface area contributed by atoms with Gasteiger partial charge in [0.15, 0.2) is 17.0 Å². The highest BCUT2D eigenvalue weighted by Crippen LogP contribution is 2.32. The van der Waals surface area contributed by atoms with Gasteiger partial charge < -0.3 is 10.1 Å². The van der Waals surface area contributed by atoms with Crippen LogP contribution >= 0.6 is 0 Å². The number of nitrogens with one attached hydrogen (secondary N) is 1. The van der Waals surface area contributed by atoms with Gasteiger partial charge in [-0.3, -0.25) is 4.57 Å². The van der Waals surface area contributed by atoms with Crippen molar-refractivity contribution in [2.24, 2.45) is 5.92 Å². The Morgan fingerprint density at radius 3 is 2.95 bits per heavy atom. The molecule has 1 saturated carbocycles. The lowest BCUT2D eigenvalue weighted by Gasteiger charge is -2.12. The summed E-state index contributed by atoms with van der Waals surface area (Å²) < 4.78 is 7.77. The van der Waals surface area contributed by atoms with E-state index in [2.05, 4.69) is 26.2 Å². The number of ether oxygens (including phenoxy) is 1. The summed E-state index contributed by atoms with van der Waals surface area (Å²) in [6.45, 7) is 0.956. The molecular formula is C15H17N5O. The third-order valence-corrected chi connectivity index (χ3v) is 4.11. The Labute approximate surface area is 122 Å². The van der Waals surface area contributed by atoms with E-state index >= 15 is 0 Å². The summed E-state index contributed by atoms with van der Waals surface area (Å²) in [5, 5.41) is 3.37. The lowest BCUT2D eigenvalue weighted by molar-refractivity contribution is 0.0300. The van der Waals surface area contributed by atoms with Crippen molar-refractivity contribution in [1.82, 2.24) is 19.5 Å². The number of nitrogens with zero attached hydrogens (tertiary/aromatic N) is 4. The van der Waals surface area contributed by atoms with E-state index in [4.69, 9.17) is 11.2 Å². The van der Waals surface area contributed by atoms with Gasteiger partial charge in [0, 0.05) is 6.54 Å². The molecule has 4 rings (SSSR count). The van der Waals surface area contributed by atoms with E-state index in [0.717, 1.165) is 42.3 Å². The zero-order valence-electron chi connectivity index (χ0n) is 11.7. The summed E-state index contributed by atoms with van der Waals surface area (Å²) in [5.74, 6) is 4.24. The van der Waals surface area contributed by atoms with Crippen LogP contribution in [0.25, 0.3) is 11.2 Å². The van der Waals surface area contributed by atoms with Gasteiger partial charge in [0.25, 0.3) is 0 Å². The molecule has 0 amide bonds. The van der Waals surface area contributed by atoms with Gasteiger partial charge in [-0.25, -0.2) is 15.0 Å². The maximum atomic E-state index is 5.82. The van der Waals surface area contributed by atoms with Gasteiger partial charge in [-0.15, -0.1) is 6.42 Å². The first-order chi connectivity index (χ1) is 10.3. The average Bonchev–Trinajstić information content (AvgIpc) is 3.05. The number of fused-ring (bicyclic) bond motifs is 1. The van der Waals surface area contributed by atoms with E-state index in [-0.39, 0.29) is 12.3 Å². The number of terminal acetylenes is 1. The van der Waals surface area contributed by atoms with Crippen molar-refractivity contribution in [3.05, 3.63) is 12.7 Å². The highest BCUT2D eigenvalue weighted by Gasteiger charge is 2.27. The number of anilines is 1. The van der Waals surface area contributed by atoms with Crippen LogP contribution in [0.3, 0.4) is 0 Å². The molecule has 2 aromatic rings. The molecule has 1 N–H and O–H groups in total. The van der Waals surface area contributed by atoms with Gasteiger partial charge in [0.05, 0.1) is 6.33 Å². The van der Waals surface area contributed by atoms with Crippen LogP contribution in [-0.4, -0.2) is 32.2 Å². The molecule has 108 valence electrons. The van der Waals surface area contributed by atoms with Crippen molar-refractivity contribution >= 4 is 17.0 Å². The van der Waals surface area contributed by atoms with Crippen LogP contribution in [0.1, 0.15) is 31.9 Å². The van der Waals surface area contributed by atoms with E-state index in [1.54, 1.807) is 12.7 Å². The summed E-state index contributed by atoms with van der Waals surface area (Å²) in [4.78, 5) is 13.1. The first-order valence-electron chi connectivity index (χ1n) is 7.38. The normalized spacial score (nSPS) is 25.1. The fraction of sp³-hybridized carbons (Fsp3) is 0.533. The van der Waals surface area contributed by atoms with E-state index in [1.165, 1.54) is 12.8 Å². The molecule has 0 spiro atoms. The summed E-state index contributed by atoms with van der Waals surface area (Å²) in [7, 11) is 0. The van der Waals surface area contributed by atoms with Gasteiger partial charge in [-0.05, 0) is 31.6 Å². The van der Waals surface area contributed by atoms with E-state index < -0.39 is 0 Å². The highest BCUT2D eigenvalue weighted by molar-refractivity contribution is 5.82. The fourth-order valence-electron chi connectivity index (χ4n) is 2.70.